The van der Waals surface area contributed by atoms with Crippen LogP contribution in [-0.4, -0.2) is 18.0 Å². The van der Waals surface area contributed by atoms with Gasteiger partial charge in [-0.3, -0.25) is 4.79 Å². The number of para-hydroxylation sites is 1. The second kappa shape index (κ2) is 7.57. The molecule has 0 aliphatic rings. The van der Waals surface area contributed by atoms with E-state index in [9.17, 15) is 4.79 Å². The fourth-order valence-corrected chi connectivity index (χ4v) is 2.86. The van der Waals surface area contributed by atoms with E-state index in [-0.39, 0.29) is 5.91 Å². The van der Waals surface area contributed by atoms with Gasteiger partial charge in [-0.2, -0.15) is 0 Å². The molecular formula is C19H16N2O2S. The van der Waals surface area contributed by atoms with Crippen LogP contribution in [0.3, 0.4) is 0 Å². The number of methoxy groups -OCH3 is 1. The van der Waals surface area contributed by atoms with Gasteiger partial charge in [0.1, 0.15) is 10.8 Å². The SMILES string of the molecule is COc1ccccc1/C=C/C(=O)Nc1ccc(-c2nccs2)cc1. The minimum atomic E-state index is -0.192. The first kappa shape index (κ1) is 16.0. The summed E-state index contributed by atoms with van der Waals surface area (Å²) >= 11 is 1.58. The van der Waals surface area contributed by atoms with E-state index in [1.165, 1.54) is 6.08 Å². The smallest absolute Gasteiger partial charge is 0.248 e. The third-order valence-electron chi connectivity index (χ3n) is 3.38. The van der Waals surface area contributed by atoms with E-state index < -0.39 is 0 Å². The highest BCUT2D eigenvalue weighted by Gasteiger charge is 2.03. The van der Waals surface area contributed by atoms with Gasteiger partial charge >= 0.3 is 0 Å². The Morgan fingerprint density at radius 3 is 2.67 bits per heavy atom. The van der Waals surface area contributed by atoms with Gasteiger partial charge in [0.2, 0.25) is 5.91 Å². The average Bonchev–Trinajstić information content (AvgIpc) is 3.15. The van der Waals surface area contributed by atoms with Crippen molar-refractivity contribution in [1.82, 2.24) is 4.98 Å². The molecular weight excluding hydrogens is 320 g/mol. The standard InChI is InChI=1S/C19H16N2O2S/c1-23-17-5-3-2-4-14(17)8-11-18(22)21-16-9-6-15(7-10-16)19-20-12-13-24-19/h2-13H,1H3,(H,21,22)/b11-8+. The highest BCUT2D eigenvalue weighted by Crippen LogP contribution is 2.23. The van der Waals surface area contributed by atoms with Crippen molar-refractivity contribution in [1.29, 1.82) is 0 Å². The van der Waals surface area contributed by atoms with Crippen LogP contribution in [0.5, 0.6) is 5.75 Å². The summed E-state index contributed by atoms with van der Waals surface area (Å²) in [5, 5.41) is 5.74. The van der Waals surface area contributed by atoms with Crippen LogP contribution in [0.15, 0.2) is 66.2 Å². The number of ether oxygens (including phenoxy) is 1. The number of benzene rings is 2. The molecule has 1 N–H and O–H groups in total. The second-order valence-corrected chi connectivity index (χ2v) is 5.87. The molecule has 0 saturated carbocycles. The molecule has 2 aromatic carbocycles. The molecule has 0 aliphatic heterocycles. The van der Waals surface area contributed by atoms with Crippen molar-refractivity contribution in [3.05, 3.63) is 71.7 Å². The van der Waals surface area contributed by atoms with Gasteiger partial charge in [-0.25, -0.2) is 4.98 Å². The van der Waals surface area contributed by atoms with Crippen molar-refractivity contribution in [2.24, 2.45) is 0 Å². The number of anilines is 1. The first-order valence-corrected chi connectivity index (χ1v) is 8.26. The first-order valence-electron chi connectivity index (χ1n) is 7.38. The van der Waals surface area contributed by atoms with Crippen LogP contribution in [0.1, 0.15) is 5.56 Å². The Balaban J connectivity index is 1.65. The molecule has 0 saturated heterocycles. The number of rotatable bonds is 5. The molecule has 0 atom stereocenters. The van der Waals surface area contributed by atoms with Crippen molar-refractivity contribution in [3.63, 3.8) is 0 Å². The van der Waals surface area contributed by atoms with Crippen molar-refractivity contribution < 1.29 is 9.53 Å². The molecule has 1 amide bonds. The van der Waals surface area contributed by atoms with Crippen molar-refractivity contribution in [2.75, 3.05) is 12.4 Å². The number of nitrogens with zero attached hydrogens (tertiary/aromatic N) is 1. The second-order valence-electron chi connectivity index (χ2n) is 4.98. The molecule has 0 spiro atoms. The van der Waals surface area contributed by atoms with Crippen molar-refractivity contribution >= 4 is 29.0 Å². The first-order chi connectivity index (χ1) is 11.8. The number of carbonyl (C=O) groups is 1. The van der Waals surface area contributed by atoms with E-state index in [4.69, 9.17) is 4.74 Å². The van der Waals surface area contributed by atoms with Crippen molar-refractivity contribution in [2.45, 2.75) is 0 Å². The van der Waals surface area contributed by atoms with Crippen LogP contribution < -0.4 is 10.1 Å². The fourth-order valence-electron chi connectivity index (χ4n) is 2.22. The van der Waals surface area contributed by atoms with E-state index in [1.807, 2.05) is 53.9 Å². The van der Waals surface area contributed by atoms with E-state index in [0.29, 0.717) is 0 Å². The predicted octanol–water partition coefficient (Wildman–Crippen LogP) is 4.47. The molecule has 24 heavy (non-hydrogen) atoms. The molecule has 0 aliphatic carbocycles. The highest BCUT2D eigenvalue weighted by molar-refractivity contribution is 7.13. The molecule has 1 heterocycles. The van der Waals surface area contributed by atoms with Gasteiger partial charge in [0, 0.05) is 34.5 Å². The zero-order chi connectivity index (χ0) is 16.8. The lowest BCUT2D eigenvalue weighted by atomic mass is 10.2. The Morgan fingerprint density at radius 1 is 1.17 bits per heavy atom. The van der Waals surface area contributed by atoms with Gasteiger partial charge in [-0.05, 0) is 36.4 Å². The average molecular weight is 336 g/mol. The maximum absolute atomic E-state index is 12.0. The molecule has 4 nitrogen and oxygen atoms in total. The third kappa shape index (κ3) is 3.88. The number of hydrogen-bond donors (Lipinski definition) is 1. The Kier molecular flexibility index (Phi) is 5.03. The summed E-state index contributed by atoms with van der Waals surface area (Å²) in [6.07, 6.45) is 5.00. The Bertz CT molecular complexity index is 840. The minimum Gasteiger partial charge on any atom is -0.496 e. The van der Waals surface area contributed by atoms with Crippen LogP contribution in [0.2, 0.25) is 0 Å². The minimum absolute atomic E-state index is 0.192. The largest absolute Gasteiger partial charge is 0.496 e. The number of aromatic nitrogens is 1. The van der Waals surface area contributed by atoms with Crippen molar-refractivity contribution in [3.8, 4) is 16.3 Å². The molecule has 120 valence electrons. The molecule has 3 aromatic rings. The predicted molar refractivity (Wildman–Crippen MR) is 98.2 cm³/mol. The molecule has 0 bridgehead atoms. The van der Waals surface area contributed by atoms with E-state index in [2.05, 4.69) is 10.3 Å². The van der Waals surface area contributed by atoms with Gasteiger partial charge < -0.3 is 10.1 Å². The lowest BCUT2D eigenvalue weighted by Crippen LogP contribution is -2.07. The maximum atomic E-state index is 12.0. The zero-order valence-corrected chi connectivity index (χ0v) is 13.9. The van der Waals surface area contributed by atoms with Crippen LogP contribution in [0, 0.1) is 0 Å². The maximum Gasteiger partial charge on any atom is 0.248 e. The highest BCUT2D eigenvalue weighted by atomic mass is 32.1. The Morgan fingerprint density at radius 2 is 1.96 bits per heavy atom. The summed E-state index contributed by atoms with van der Waals surface area (Å²) in [7, 11) is 1.61. The van der Waals surface area contributed by atoms with Gasteiger partial charge in [-0.15, -0.1) is 11.3 Å². The summed E-state index contributed by atoms with van der Waals surface area (Å²) in [4.78, 5) is 16.3. The number of carbonyl (C=O) groups excluding carboxylic acids is 1. The van der Waals surface area contributed by atoms with Gasteiger partial charge in [-0.1, -0.05) is 18.2 Å². The lowest BCUT2D eigenvalue weighted by Gasteiger charge is -2.05. The molecule has 0 unspecified atom stereocenters. The molecule has 1 aromatic heterocycles. The number of nitrogens with one attached hydrogen (secondary N) is 1. The third-order valence-corrected chi connectivity index (χ3v) is 4.21. The fraction of sp³-hybridized carbons (Fsp3) is 0.0526. The molecule has 3 rings (SSSR count). The lowest BCUT2D eigenvalue weighted by molar-refractivity contribution is -0.111. The topological polar surface area (TPSA) is 51.2 Å². The number of amides is 1. The van der Waals surface area contributed by atoms with Gasteiger partial charge in [0.05, 0.1) is 7.11 Å². The van der Waals surface area contributed by atoms with Crippen LogP contribution in [0.25, 0.3) is 16.6 Å². The quantitative estimate of drug-likeness (QED) is 0.699. The normalized spacial score (nSPS) is 10.7. The summed E-state index contributed by atoms with van der Waals surface area (Å²) in [5.74, 6) is 0.539. The van der Waals surface area contributed by atoms with Crippen LogP contribution in [-0.2, 0) is 4.79 Å². The van der Waals surface area contributed by atoms with Gasteiger partial charge in [0.25, 0.3) is 0 Å². The summed E-state index contributed by atoms with van der Waals surface area (Å²) in [6.45, 7) is 0. The summed E-state index contributed by atoms with van der Waals surface area (Å²) < 4.78 is 5.26. The monoisotopic (exact) mass is 336 g/mol. The summed E-state index contributed by atoms with van der Waals surface area (Å²) in [5.41, 5.74) is 2.63. The number of thiazole rings is 1. The Labute approximate surface area is 144 Å². The van der Waals surface area contributed by atoms with Crippen LogP contribution in [0.4, 0.5) is 5.69 Å². The van der Waals surface area contributed by atoms with Crippen LogP contribution >= 0.6 is 11.3 Å². The van der Waals surface area contributed by atoms with E-state index in [1.54, 1.807) is 30.7 Å². The Hall–Kier alpha value is -2.92. The zero-order valence-electron chi connectivity index (χ0n) is 13.1. The van der Waals surface area contributed by atoms with Gasteiger partial charge in [0.15, 0.2) is 0 Å². The summed E-state index contributed by atoms with van der Waals surface area (Å²) in [6, 6.07) is 15.2. The van der Waals surface area contributed by atoms with E-state index >= 15 is 0 Å². The number of hydrogen-bond acceptors (Lipinski definition) is 4. The molecule has 5 heteroatoms. The molecule has 0 fully saturated rings. The van der Waals surface area contributed by atoms with E-state index in [0.717, 1.165) is 27.6 Å². The molecule has 0 radical (unpaired) electrons.